The molecule has 0 unspecified atom stereocenters. The number of pyridine rings is 2. The van der Waals surface area contributed by atoms with Gasteiger partial charge >= 0.3 is 0 Å². The topological polar surface area (TPSA) is 74.1 Å². The highest BCUT2D eigenvalue weighted by molar-refractivity contribution is 5.95. The highest BCUT2D eigenvalue weighted by Crippen LogP contribution is 2.31. The van der Waals surface area contributed by atoms with Gasteiger partial charge in [-0.1, -0.05) is 6.58 Å². The third-order valence-corrected chi connectivity index (χ3v) is 5.72. The minimum Gasteiger partial charge on any atom is -0.351 e. The van der Waals surface area contributed by atoms with Crippen LogP contribution in [0.25, 0.3) is 27.8 Å². The molecular weight excluding hydrogens is 362 g/mol. The van der Waals surface area contributed by atoms with Crippen LogP contribution in [0.1, 0.15) is 12.8 Å². The first kappa shape index (κ1) is 17.7. The Bertz CT molecular complexity index is 1220. The number of hydrogen-bond acceptors (Lipinski definition) is 5. The molecule has 2 N–H and O–H groups in total. The van der Waals surface area contributed by atoms with Gasteiger partial charge in [0.05, 0.1) is 17.6 Å². The predicted octanol–water partition coefficient (Wildman–Crippen LogP) is 3.70. The quantitative estimate of drug-likeness (QED) is 0.524. The summed E-state index contributed by atoms with van der Waals surface area (Å²) >= 11 is 0. The Morgan fingerprint density at radius 3 is 2.97 bits per heavy atom. The van der Waals surface area contributed by atoms with Gasteiger partial charge in [0.25, 0.3) is 0 Å². The van der Waals surface area contributed by atoms with Crippen LogP contribution in [0.15, 0.2) is 61.1 Å². The smallest absolute Gasteiger partial charge is 0.155 e. The summed E-state index contributed by atoms with van der Waals surface area (Å²) in [6.45, 7) is 6.11. The summed E-state index contributed by atoms with van der Waals surface area (Å²) in [6, 6.07) is 6.20. The van der Waals surface area contributed by atoms with Crippen LogP contribution in [-0.2, 0) is 0 Å². The Labute approximate surface area is 168 Å². The van der Waals surface area contributed by atoms with Crippen molar-refractivity contribution in [1.82, 2.24) is 29.5 Å². The summed E-state index contributed by atoms with van der Waals surface area (Å²) < 4.78 is 1.76. The molecule has 7 nitrogen and oxygen atoms in total. The molecule has 5 rings (SSSR count). The first-order valence-electron chi connectivity index (χ1n) is 9.83. The molecule has 146 valence electrons. The van der Waals surface area contributed by atoms with Gasteiger partial charge in [0.2, 0.25) is 0 Å². The third-order valence-electron chi connectivity index (χ3n) is 5.72. The van der Waals surface area contributed by atoms with Gasteiger partial charge in [-0.05, 0) is 56.7 Å². The molecule has 0 aromatic carbocycles. The van der Waals surface area contributed by atoms with Gasteiger partial charge in [0.15, 0.2) is 5.65 Å². The molecule has 5 heterocycles. The number of fused-ring (bicyclic) bond motifs is 2. The second kappa shape index (κ2) is 7.20. The van der Waals surface area contributed by atoms with Crippen molar-refractivity contribution in [3.63, 3.8) is 0 Å². The average molecular weight is 385 g/mol. The van der Waals surface area contributed by atoms with Gasteiger partial charge in [-0.3, -0.25) is 0 Å². The molecule has 1 aliphatic rings. The molecule has 29 heavy (non-hydrogen) atoms. The molecule has 4 aromatic heterocycles. The number of nitrogens with one attached hydrogen (secondary N) is 2. The maximum Gasteiger partial charge on any atom is 0.155 e. The van der Waals surface area contributed by atoms with Gasteiger partial charge in [0, 0.05) is 29.3 Å². The Hall–Kier alpha value is -3.41. The summed E-state index contributed by atoms with van der Waals surface area (Å²) in [5, 5.41) is 8.75. The van der Waals surface area contributed by atoms with Gasteiger partial charge < -0.3 is 15.2 Å². The molecular formula is C22H23N7. The molecule has 1 aliphatic heterocycles. The molecule has 0 atom stereocenters. The maximum atomic E-state index is 4.60. The van der Waals surface area contributed by atoms with Crippen molar-refractivity contribution in [1.29, 1.82) is 0 Å². The lowest BCUT2D eigenvalue weighted by Crippen LogP contribution is -2.32. The molecule has 0 amide bonds. The summed E-state index contributed by atoms with van der Waals surface area (Å²) in [4.78, 5) is 14.5. The molecule has 7 heteroatoms. The van der Waals surface area contributed by atoms with E-state index in [4.69, 9.17) is 0 Å². The average Bonchev–Trinajstić information content (AvgIpc) is 3.38. The Morgan fingerprint density at radius 2 is 2.14 bits per heavy atom. The van der Waals surface area contributed by atoms with E-state index in [1.165, 1.54) is 0 Å². The van der Waals surface area contributed by atoms with Crippen molar-refractivity contribution in [2.75, 3.05) is 25.5 Å². The molecule has 0 saturated carbocycles. The van der Waals surface area contributed by atoms with Crippen LogP contribution in [0.5, 0.6) is 0 Å². The van der Waals surface area contributed by atoms with Crippen LogP contribution >= 0.6 is 0 Å². The number of H-pyrrole nitrogens is 1. The second-order valence-corrected chi connectivity index (χ2v) is 7.59. The lowest BCUT2D eigenvalue weighted by atomic mass is 9.94. The normalized spacial score (nSPS) is 15.6. The molecule has 1 saturated heterocycles. The highest BCUT2D eigenvalue weighted by Gasteiger charge is 2.20. The minimum absolute atomic E-state index is 0.459. The van der Waals surface area contributed by atoms with E-state index in [1.807, 2.05) is 30.7 Å². The van der Waals surface area contributed by atoms with E-state index in [0.717, 1.165) is 65.1 Å². The summed E-state index contributed by atoms with van der Waals surface area (Å²) in [6.07, 6.45) is 9.56. The zero-order chi connectivity index (χ0) is 19.8. The first-order valence-corrected chi connectivity index (χ1v) is 9.83. The van der Waals surface area contributed by atoms with E-state index in [1.54, 1.807) is 10.8 Å². The fourth-order valence-electron chi connectivity index (χ4n) is 4.04. The first-order chi connectivity index (χ1) is 14.2. The summed E-state index contributed by atoms with van der Waals surface area (Å²) in [5.74, 6) is 0.459. The van der Waals surface area contributed by atoms with Crippen molar-refractivity contribution in [2.45, 2.75) is 12.8 Å². The maximum absolute atomic E-state index is 4.60. The van der Waals surface area contributed by atoms with E-state index in [-0.39, 0.29) is 0 Å². The molecule has 4 aromatic rings. The fourth-order valence-corrected chi connectivity index (χ4v) is 4.04. The van der Waals surface area contributed by atoms with Gasteiger partial charge in [-0.25, -0.2) is 14.5 Å². The molecule has 0 aliphatic carbocycles. The number of anilines is 1. The van der Waals surface area contributed by atoms with Crippen LogP contribution < -0.4 is 5.32 Å². The van der Waals surface area contributed by atoms with E-state index in [2.05, 4.69) is 55.7 Å². The van der Waals surface area contributed by atoms with Crippen LogP contribution in [0.3, 0.4) is 0 Å². The van der Waals surface area contributed by atoms with Gasteiger partial charge in [-0.2, -0.15) is 5.10 Å². The molecule has 1 fully saturated rings. The Morgan fingerprint density at radius 1 is 1.28 bits per heavy atom. The van der Waals surface area contributed by atoms with Crippen molar-refractivity contribution in [2.24, 2.45) is 5.92 Å². The lowest BCUT2D eigenvalue weighted by molar-refractivity contribution is 0.239. The van der Waals surface area contributed by atoms with Crippen LogP contribution in [-0.4, -0.2) is 49.6 Å². The van der Waals surface area contributed by atoms with E-state index >= 15 is 0 Å². The van der Waals surface area contributed by atoms with Crippen LogP contribution in [0.4, 0.5) is 5.69 Å². The van der Waals surface area contributed by atoms with E-state index < -0.39 is 0 Å². The van der Waals surface area contributed by atoms with Crippen molar-refractivity contribution in [3.8, 4) is 11.1 Å². The second-order valence-electron chi connectivity index (χ2n) is 7.59. The summed E-state index contributed by atoms with van der Waals surface area (Å²) in [7, 11) is 2.17. The van der Waals surface area contributed by atoms with Crippen molar-refractivity contribution < 1.29 is 0 Å². The van der Waals surface area contributed by atoms with Crippen molar-refractivity contribution >= 4 is 22.4 Å². The highest BCUT2D eigenvalue weighted by atomic mass is 15.3. The Balaban J connectivity index is 1.46. The molecule has 0 radical (unpaired) electrons. The SMILES string of the molecule is C=C=C(Nc1cnc2[nH]cc(-c3ccn4ncnc4c3)c2c1)C1CCN(C)CC1. The van der Waals surface area contributed by atoms with Crippen molar-refractivity contribution in [3.05, 3.63) is 61.1 Å². The zero-order valence-electron chi connectivity index (χ0n) is 16.4. The number of hydrogen-bond donors (Lipinski definition) is 2. The van der Waals surface area contributed by atoms with Gasteiger partial charge in [-0.15, -0.1) is 5.73 Å². The number of piperidine rings is 1. The number of likely N-dealkylation sites (tertiary alicyclic amines) is 1. The zero-order valence-corrected chi connectivity index (χ0v) is 16.4. The van der Waals surface area contributed by atoms with E-state index in [9.17, 15) is 0 Å². The summed E-state index contributed by atoms with van der Waals surface area (Å²) in [5.41, 5.74) is 8.97. The monoisotopic (exact) mass is 385 g/mol. The standard InChI is InChI=1S/C22H23N7/c1-3-20(15-4-7-28(2)8-5-15)27-17-11-18-19(13-24-22(18)23-12-17)16-6-9-29-21(10-16)25-14-26-29/h6,9-15,27H,1,4-5,7-8H2,2H3,(H,23,24). The minimum atomic E-state index is 0.459. The van der Waals surface area contributed by atoms with E-state index in [0.29, 0.717) is 5.92 Å². The number of aromatic amines is 1. The van der Waals surface area contributed by atoms with Gasteiger partial charge in [0.1, 0.15) is 12.0 Å². The molecule has 0 spiro atoms. The van der Waals surface area contributed by atoms with Crippen LogP contribution in [0, 0.1) is 5.92 Å². The predicted molar refractivity (Wildman–Crippen MR) is 115 cm³/mol. The van der Waals surface area contributed by atoms with Crippen LogP contribution in [0.2, 0.25) is 0 Å². The fraction of sp³-hybridized carbons (Fsp3) is 0.273. The number of nitrogens with zero attached hydrogens (tertiary/aromatic N) is 5. The largest absolute Gasteiger partial charge is 0.351 e. The number of rotatable bonds is 4. The number of allylic oxidation sites excluding steroid dienone is 1. The lowest BCUT2D eigenvalue weighted by Gasteiger charge is -2.30. The third kappa shape index (κ3) is 3.31. The Kier molecular flexibility index (Phi) is 4.39. The number of aromatic nitrogens is 5. The molecule has 0 bridgehead atoms.